The Morgan fingerprint density at radius 3 is 2.78 bits per heavy atom. The molecule has 0 aliphatic heterocycles. The molecule has 5 heteroatoms. The minimum absolute atomic E-state index is 0.766. The molecule has 4 nitrogen and oxygen atoms in total. The number of rotatable bonds is 2. The predicted octanol–water partition coefficient (Wildman–Crippen LogP) is 3.36. The Hall–Kier alpha value is -2.36. The van der Waals surface area contributed by atoms with Crippen molar-refractivity contribution in [1.29, 1.82) is 0 Å². The van der Waals surface area contributed by atoms with Gasteiger partial charge in [-0.15, -0.1) is 0 Å². The van der Waals surface area contributed by atoms with Crippen LogP contribution in [0.2, 0.25) is 0 Å². The number of benzene rings is 1. The third kappa shape index (κ3) is 1.93. The van der Waals surface area contributed by atoms with Crippen LogP contribution in [0.5, 0.6) is 0 Å². The molecule has 0 saturated heterocycles. The summed E-state index contributed by atoms with van der Waals surface area (Å²) in [7, 11) is 0. The third-order valence-corrected chi connectivity index (χ3v) is 2.69. The minimum atomic E-state index is 0.766. The van der Waals surface area contributed by atoms with E-state index in [-0.39, 0.29) is 0 Å². The smallest absolute Gasteiger partial charge is 0.138 e. The number of nitrogens with zero attached hydrogens (tertiary/aromatic N) is 3. The fraction of sp³-hybridized carbons (Fsp3) is 0. The van der Waals surface area contributed by atoms with Crippen molar-refractivity contribution < 1.29 is 0 Å². The van der Waals surface area contributed by atoms with Crippen LogP contribution in [0, 0.1) is 0 Å². The lowest BCUT2D eigenvalue weighted by atomic mass is 10.2. The summed E-state index contributed by atoms with van der Waals surface area (Å²) >= 11 is 4.59. The first kappa shape index (κ1) is 10.8. The van der Waals surface area contributed by atoms with Crippen molar-refractivity contribution in [1.82, 2.24) is 15.0 Å². The van der Waals surface area contributed by atoms with Gasteiger partial charge in [-0.25, -0.2) is 4.98 Å². The van der Waals surface area contributed by atoms with Crippen LogP contribution in [0.15, 0.2) is 47.7 Å². The van der Waals surface area contributed by atoms with Gasteiger partial charge in [-0.3, -0.25) is 4.98 Å². The van der Waals surface area contributed by atoms with Crippen molar-refractivity contribution in [3.8, 4) is 11.4 Å². The molecule has 0 aliphatic carbocycles. The fourth-order valence-corrected chi connectivity index (χ4v) is 1.87. The van der Waals surface area contributed by atoms with Gasteiger partial charge in [-0.1, -0.05) is 0 Å². The normalized spacial score (nSPS) is 10.2. The predicted molar refractivity (Wildman–Crippen MR) is 74.0 cm³/mol. The Morgan fingerprint density at radius 1 is 1.17 bits per heavy atom. The summed E-state index contributed by atoms with van der Waals surface area (Å²) in [6.07, 6.45) is 3.48. The Morgan fingerprint density at radius 2 is 2.00 bits per heavy atom. The number of aliphatic imine (C=N–C) groups is 1. The molecule has 3 rings (SSSR count). The lowest BCUT2D eigenvalue weighted by molar-refractivity contribution is 1.28. The summed E-state index contributed by atoms with van der Waals surface area (Å²) in [6, 6.07) is 9.48. The first-order valence-electron chi connectivity index (χ1n) is 5.35. The van der Waals surface area contributed by atoms with Gasteiger partial charge in [0, 0.05) is 18.0 Å². The summed E-state index contributed by atoms with van der Waals surface area (Å²) in [5.74, 6) is 0.816. The molecule has 2 aromatic heterocycles. The average molecular weight is 252 g/mol. The van der Waals surface area contributed by atoms with Gasteiger partial charge in [0.1, 0.15) is 5.82 Å². The van der Waals surface area contributed by atoms with E-state index >= 15 is 0 Å². The lowest BCUT2D eigenvalue weighted by Crippen LogP contribution is -1.79. The van der Waals surface area contributed by atoms with Gasteiger partial charge < -0.3 is 4.98 Å². The first-order valence-corrected chi connectivity index (χ1v) is 5.76. The number of isothiocyanates is 1. The highest BCUT2D eigenvalue weighted by Crippen LogP contribution is 2.23. The maximum atomic E-state index is 4.59. The van der Waals surface area contributed by atoms with Crippen LogP contribution in [-0.2, 0) is 0 Å². The Kier molecular flexibility index (Phi) is 2.68. The van der Waals surface area contributed by atoms with E-state index in [9.17, 15) is 0 Å². The van der Waals surface area contributed by atoms with Gasteiger partial charge in [0.25, 0.3) is 0 Å². The molecule has 0 saturated carbocycles. The monoisotopic (exact) mass is 252 g/mol. The molecule has 18 heavy (non-hydrogen) atoms. The van der Waals surface area contributed by atoms with Crippen molar-refractivity contribution >= 4 is 34.1 Å². The summed E-state index contributed by atoms with van der Waals surface area (Å²) < 4.78 is 0. The van der Waals surface area contributed by atoms with Crippen LogP contribution in [0.25, 0.3) is 22.4 Å². The molecular weight excluding hydrogens is 244 g/mol. The molecule has 0 aliphatic rings. The second-order valence-corrected chi connectivity index (χ2v) is 3.91. The number of aromatic amines is 1. The summed E-state index contributed by atoms with van der Waals surface area (Å²) in [5.41, 5.74) is 3.59. The number of imidazole rings is 1. The van der Waals surface area contributed by atoms with Crippen LogP contribution in [0.3, 0.4) is 0 Å². The fourth-order valence-electron chi connectivity index (χ4n) is 1.77. The molecule has 1 aromatic carbocycles. The summed E-state index contributed by atoms with van der Waals surface area (Å²) in [6.45, 7) is 0. The third-order valence-electron chi connectivity index (χ3n) is 2.59. The maximum absolute atomic E-state index is 4.59. The van der Waals surface area contributed by atoms with Crippen LogP contribution in [0.4, 0.5) is 5.69 Å². The number of H-pyrrole nitrogens is 1. The van der Waals surface area contributed by atoms with Crippen molar-refractivity contribution in [2.75, 3.05) is 0 Å². The van der Waals surface area contributed by atoms with E-state index in [4.69, 9.17) is 0 Å². The van der Waals surface area contributed by atoms with Crippen LogP contribution < -0.4 is 0 Å². The Balaban J connectivity index is 2.14. The number of aromatic nitrogens is 3. The second kappa shape index (κ2) is 4.49. The number of nitrogens with one attached hydrogen (secondary N) is 1. The number of fused-ring (bicyclic) bond motifs is 1. The van der Waals surface area contributed by atoms with E-state index in [2.05, 4.69) is 37.3 Å². The topological polar surface area (TPSA) is 53.9 Å². The maximum Gasteiger partial charge on any atom is 0.138 e. The average Bonchev–Trinajstić information content (AvgIpc) is 2.83. The van der Waals surface area contributed by atoms with Gasteiger partial charge in [-0.05, 0) is 42.5 Å². The lowest BCUT2D eigenvalue weighted by Gasteiger charge is -1.92. The van der Waals surface area contributed by atoms with Gasteiger partial charge in [0.2, 0.25) is 0 Å². The van der Waals surface area contributed by atoms with Gasteiger partial charge in [-0.2, -0.15) is 4.99 Å². The highest BCUT2D eigenvalue weighted by atomic mass is 32.1. The largest absolute Gasteiger partial charge is 0.338 e. The van der Waals surface area contributed by atoms with Crippen molar-refractivity contribution in [2.45, 2.75) is 0 Å². The number of hydrogen-bond acceptors (Lipinski definition) is 4. The van der Waals surface area contributed by atoms with E-state index in [0.29, 0.717) is 0 Å². The van der Waals surface area contributed by atoms with Crippen LogP contribution >= 0.6 is 12.2 Å². The molecule has 0 unspecified atom stereocenters. The molecule has 0 atom stereocenters. The Bertz CT molecular complexity index is 742. The molecule has 86 valence electrons. The molecule has 1 N–H and O–H groups in total. The van der Waals surface area contributed by atoms with Gasteiger partial charge in [0.05, 0.1) is 21.9 Å². The second-order valence-electron chi connectivity index (χ2n) is 3.73. The zero-order chi connectivity index (χ0) is 12.4. The van der Waals surface area contributed by atoms with E-state index in [1.807, 2.05) is 30.3 Å². The number of hydrogen-bond donors (Lipinski definition) is 1. The highest BCUT2D eigenvalue weighted by Gasteiger charge is 2.05. The SMILES string of the molecule is S=C=Nc1ccc2nc(-c3ccncc3)[nH]c2c1. The van der Waals surface area contributed by atoms with Crippen molar-refractivity contribution in [2.24, 2.45) is 4.99 Å². The van der Waals surface area contributed by atoms with Crippen molar-refractivity contribution in [3.05, 3.63) is 42.7 Å². The van der Waals surface area contributed by atoms with E-state index in [1.165, 1.54) is 0 Å². The molecule has 3 aromatic rings. The van der Waals surface area contributed by atoms with E-state index in [1.54, 1.807) is 12.4 Å². The Labute approximate surface area is 108 Å². The highest BCUT2D eigenvalue weighted by molar-refractivity contribution is 7.78. The quantitative estimate of drug-likeness (QED) is 0.562. The van der Waals surface area contributed by atoms with Crippen LogP contribution in [-0.4, -0.2) is 20.1 Å². The zero-order valence-corrected chi connectivity index (χ0v) is 10.1. The summed E-state index contributed by atoms with van der Waals surface area (Å²) in [4.78, 5) is 15.7. The van der Waals surface area contributed by atoms with E-state index in [0.717, 1.165) is 28.1 Å². The molecule has 0 radical (unpaired) electrons. The molecule has 0 spiro atoms. The molecule has 0 fully saturated rings. The van der Waals surface area contributed by atoms with Crippen LogP contribution in [0.1, 0.15) is 0 Å². The number of thiocarbonyl (C=S) groups is 1. The van der Waals surface area contributed by atoms with Crippen molar-refractivity contribution in [3.63, 3.8) is 0 Å². The van der Waals surface area contributed by atoms with Gasteiger partial charge >= 0.3 is 0 Å². The zero-order valence-electron chi connectivity index (χ0n) is 9.29. The molecule has 0 bridgehead atoms. The molecule has 0 amide bonds. The summed E-state index contributed by atoms with van der Waals surface area (Å²) in [5, 5.41) is 2.35. The minimum Gasteiger partial charge on any atom is -0.338 e. The standard InChI is InChI=1S/C13H8N4S/c18-8-15-10-1-2-11-12(7-10)17-13(16-11)9-3-5-14-6-4-9/h1-7H,(H,16,17). The van der Waals surface area contributed by atoms with E-state index < -0.39 is 0 Å². The number of pyridine rings is 1. The van der Waals surface area contributed by atoms with Gasteiger partial charge in [0.15, 0.2) is 0 Å². The molecular formula is C13H8N4S. The molecule has 2 heterocycles. The first-order chi connectivity index (χ1) is 8.86.